The van der Waals surface area contributed by atoms with Crippen molar-refractivity contribution in [3.8, 4) is 0 Å². The fourth-order valence-electron chi connectivity index (χ4n) is 3.15. The average molecular weight is 328 g/mol. The van der Waals surface area contributed by atoms with Gasteiger partial charge in [-0.3, -0.25) is 14.3 Å². The number of carbonyl (C=O) groups excluding carboxylic acids is 2. The predicted octanol–water partition coefficient (Wildman–Crippen LogP) is 1.98. The molecule has 0 saturated heterocycles. The van der Waals surface area contributed by atoms with E-state index in [4.69, 9.17) is 0 Å². The van der Waals surface area contributed by atoms with Crippen LogP contribution in [-0.2, 0) is 23.3 Å². The zero-order valence-electron chi connectivity index (χ0n) is 12.6. The minimum Gasteiger partial charge on any atom is -0.345 e. The summed E-state index contributed by atoms with van der Waals surface area (Å²) in [7, 11) is 1.84. The molecule has 2 aliphatic rings. The highest BCUT2D eigenvalue weighted by molar-refractivity contribution is 7.98. The summed E-state index contributed by atoms with van der Waals surface area (Å²) in [6, 6.07) is 7.12. The summed E-state index contributed by atoms with van der Waals surface area (Å²) in [6.45, 7) is 0. The maximum Gasteiger partial charge on any atom is 0.252 e. The molecule has 7 heteroatoms. The van der Waals surface area contributed by atoms with Gasteiger partial charge in [0.05, 0.1) is 18.2 Å². The molecule has 0 bridgehead atoms. The Balaban J connectivity index is 1.51. The van der Waals surface area contributed by atoms with Crippen LogP contribution in [0.2, 0.25) is 0 Å². The Bertz CT molecular complexity index is 814. The van der Waals surface area contributed by atoms with Crippen LogP contribution >= 0.6 is 11.8 Å². The van der Waals surface area contributed by atoms with Gasteiger partial charge in [0.25, 0.3) is 5.91 Å². The van der Waals surface area contributed by atoms with Gasteiger partial charge in [-0.2, -0.15) is 16.9 Å². The molecule has 2 amide bonds. The molecule has 1 aromatic heterocycles. The molecule has 1 atom stereocenters. The number of rotatable bonds is 3. The van der Waals surface area contributed by atoms with Crippen LogP contribution in [0.15, 0.2) is 24.3 Å². The van der Waals surface area contributed by atoms with Crippen molar-refractivity contribution in [3.63, 3.8) is 0 Å². The van der Waals surface area contributed by atoms with Crippen molar-refractivity contribution < 1.29 is 9.59 Å². The third-order valence-electron chi connectivity index (χ3n) is 4.25. The number of fused-ring (bicyclic) bond motifs is 2. The number of anilines is 1. The van der Waals surface area contributed by atoms with Crippen LogP contribution in [0.3, 0.4) is 0 Å². The molecule has 0 aliphatic carbocycles. The number of nitrogens with zero attached hydrogens (tertiary/aromatic N) is 2. The first-order valence-electron chi connectivity index (χ1n) is 7.45. The van der Waals surface area contributed by atoms with E-state index in [-0.39, 0.29) is 24.3 Å². The molecule has 0 fully saturated rings. The molecule has 2 aromatic rings. The molecule has 4 rings (SSSR count). The Labute approximate surface area is 137 Å². The minimum absolute atomic E-state index is 0.115. The molecule has 23 heavy (non-hydrogen) atoms. The summed E-state index contributed by atoms with van der Waals surface area (Å²) in [5.41, 5.74) is 3.70. The van der Waals surface area contributed by atoms with E-state index in [2.05, 4.69) is 15.7 Å². The Hall–Kier alpha value is -2.28. The van der Waals surface area contributed by atoms with E-state index in [0.717, 1.165) is 34.1 Å². The van der Waals surface area contributed by atoms with E-state index >= 15 is 0 Å². The van der Waals surface area contributed by atoms with E-state index in [1.54, 1.807) is 22.5 Å². The topological polar surface area (TPSA) is 76.0 Å². The normalized spacial score (nSPS) is 18.5. The van der Waals surface area contributed by atoms with Gasteiger partial charge < -0.3 is 10.6 Å². The number of aromatic nitrogens is 2. The van der Waals surface area contributed by atoms with Crippen LogP contribution in [-0.4, -0.2) is 21.6 Å². The quantitative estimate of drug-likeness (QED) is 0.903. The molecule has 2 N–H and O–H groups in total. The second-order valence-corrected chi connectivity index (χ2v) is 6.74. The van der Waals surface area contributed by atoms with Crippen LogP contribution in [0.25, 0.3) is 0 Å². The van der Waals surface area contributed by atoms with Gasteiger partial charge in [-0.25, -0.2) is 0 Å². The van der Waals surface area contributed by atoms with E-state index in [1.807, 2.05) is 25.2 Å². The maximum atomic E-state index is 12.4. The standard InChI is InChI=1S/C16H16N4O2S/c1-20-15(11-7-23-8-13(11)19-20)18-14(21)6-12-9-4-2-3-5-10(9)16(22)17-12/h2-5,12H,6-8H2,1H3,(H,17,22)(H,18,21). The number of nitrogens with one attached hydrogen (secondary N) is 2. The molecule has 3 heterocycles. The van der Waals surface area contributed by atoms with Crippen molar-refractivity contribution in [2.45, 2.75) is 24.0 Å². The Morgan fingerprint density at radius 1 is 1.43 bits per heavy atom. The van der Waals surface area contributed by atoms with Crippen molar-refractivity contribution in [2.24, 2.45) is 7.05 Å². The number of thioether (sulfide) groups is 1. The van der Waals surface area contributed by atoms with E-state index < -0.39 is 0 Å². The van der Waals surface area contributed by atoms with Crippen LogP contribution in [0.5, 0.6) is 0 Å². The zero-order chi connectivity index (χ0) is 16.0. The highest BCUT2D eigenvalue weighted by Gasteiger charge is 2.30. The van der Waals surface area contributed by atoms with Crippen LogP contribution in [0.1, 0.15) is 39.6 Å². The first-order valence-corrected chi connectivity index (χ1v) is 8.61. The molecule has 0 saturated carbocycles. The summed E-state index contributed by atoms with van der Waals surface area (Å²) >= 11 is 1.80. The average Bonchev–Trinajstić information content (AvgIpc) is 3.17. The van der Waals surface area contributed by atoms with Crippen molar-refractivity contribution in [3.05, 3.63) is 46.6 Å². The first-order chi connectivity index (χ1) is 11.1. The monoisotopic (exact) mass is 328 g/mol. The van der Waals surface area contributed by atoms with Gasteiger partial charge >= 0.3 is 0 Å². The number of aryl methyl sites for hydroxylation is 1. The summed E-state index contributed by atoms with van der Waals surface area (Å²) in [5.74, 6) is 2.31. The molecule has 6 nitrogen and oxygen atoms in total. The van der Waals surface area contributed by atoms with Crippen LogP contribution < -0.4 is 10.6 Å². The largest absolute Gasteiger partial charge is 0.345 e. The Morgan fingerprint density at radius 2 is 2.26 bits per heavy atom. The van der Waals surface area contributed by atoms with Crippen LogP contribution in [0.4, 0.5) is 5.82 Å². The highest BCUT2D eigenvalue weighted by atomic mass is 32.2. The molecular formula is C16H16N4O2S. The lowest BCUT2D eigenvalue weighted by atomic mass is 10.0. The van der Waals surface area contributed by atoms with E-state index in [1.165, 1.54) is 0 Å². The summed E-state index contributed by atoms with van der Waals surface area (Å²) in [5, 5.41) is 10.3. The van der Waals surface area contributed by atoms with Gasteiger partial charge in [-0.1, -0.05) is 18.2 Å². The molecule has 118 valence electrons. The van der Waals surface area contributed by atoms with Crippen molar-refractivity contribution in [2.75, 3.05) is 5.32 Å². The van der Waals surface area contributed by atoms with E-state index in [9.17, 15) is 9.59 Å². The molecule has 0 spiro atoms. The van der Waals surface area contributed by atoms with Gasteiger partial charge in [-0.15, -0.1) is 0 Å². The minimum atomic E-state index is -0.269. The maximum absolute atomic E-state index is 12.4. The predicted molar refractivity (Wildman–Crippen MR) is 88.1 cm³/mol. The summed E-state index contributed by atoms with van der Waals surface area (Å²) in [6.07, 6.45) is 0.218. The molecule has 1 aromatic carbocycles. The second kappa shape index (κ2) is 5.42. The lowest BCUT2D eigenvalue weighted by molar-refractivity contribution is -0.116. The lowest BCUT2D eigenvalue weighted by Crippen LogP contribution is -2.25. The number of amides is 2. The Morgan fingerprint density at radius 3 is 3.13 bits per heavy atom. The van der Waals surface area contributed by atoms with Crippen molar-refractivity contribution in [1.29, 1.82) is 0 Å². The van der Waals surface area contributed by atoms with Crippen LogP contribution in [0, 0.1) is 0 Å². The number of hydrogen-bond donors (Lipinski definition) is 2. The smallest absolute Gasteiger partial charge is 0.252 e. The molecule has 1 unspecified atom stereocenters. The highest BCUT2D eigenvalue weighted by Crippen LogP contribution is 2.34. The Kier molecular flexibility index (Phi) is 3.37. The second-order valence-electron chi connectivity index (χ2n) is 5.76. The van der Waals surface area contributed by atoms with Crippen molar-refractivity contribution >= 4 is 29.4 Å². The molecule has 0 radical (unpaired) electrons. The van der Waals surface area contributed by atoms with Gasteiger partial charge in [0.1, 0.15) is 5.82 Å². The third-order valence-corrected chi connectivity index (χ3v) is 5.22. The summed E-state index contributed by atoms with van der Waals surface area (Å²) < 4.78 is 1.73. The fourth-order valence-corrected chi connectivity index (χ4v) is 4.18. The van der Waals surface area contributed by atoms with Crippen molar-refractivity contribution in [1.82, 2.24) is 15.1 Å². The van der Waals surface area contributed by atoms with Gasteiger partial charge in [0.15, 0.2) is 0 Å². The first kappa shape index (κ1) is 14.3. The van der Waals surface area contributed by atoms with Gasteiger partial charge in [0.2, 0.25) is 5.91 Å². The fraction of sp³-hybridized carbons (Fsp3) is 0.312. The van der Waals surface area contributed by atoms with E-state index in [0.29, 0.717) is 5.56 Å². The molecule has 2 aliphatic heterocycles. The van der Waals surface area contributed by atoms with Gasteiger partial charge in [0, 0.05) is 29.7 Å². The number of carbonyl (C=O) groups is 2. The zero-order valence-corrected chi connectivity index (χ0v) is 13.4. The number of benzene rings is 1. The number of hydrogen-bond acceptors (Lipinski definition) is 4. The lowest BCUT2D eigenvalue weighted by Gasteiger charge is -2.12. The molecular weight excluding hydrogens is 312 g/mol. The third kappa shape index (κ3) is 2.41. The van der Waals surface area contributed by atoms with Gasteiger partial charge in [-0.05, 0) is 11.6 Å². The SMILES string of the molecule is Cn1nc2c(c1NC(=O)CC1NC(=O)c3ccccc31)CSC2. The summed E-state index contributed by atoms with van der Waals surface area (Å²) in [4.78, 5) is 24.3.